The molecule has 5 amide bonds. The zero-order valence-corrected chi connectivity index (χ0v) is 36.4. The molecule has 3 rings (SSSR count). The lowest BCUT2D eigenvalue weighted by atomic mass is 10.1. The molecule has 0 aliphatic carbocycles. The van der Waals surface area contributed by atoms with Crippen LogP contribution in [0.3, 0.4) is 0 Å². The second kappa shape index (κ2) is 27.2. The Bertz CT molecular complexity index is 1400. The van der Waals surface area contributed by atoms with Crippen molar-refractivity contribution in [3.05, 3.63) is 0 Å². The Morgan fingerprint density at radius 3 is 1.21 bits per heavy atom. The molecule has 0 unspecified atom stereocenters. The molecule has 3 fully saturated rings. The maximum absolute atomic E-state index is 11.8. The summed E-state index contributed by atoms with van der Waals surface area (Å²) in [5.41, 5.74) is 4.26. The van der Waals surface area contributed by atoms with Gasteiger partial charge in [0, 0.05) is 38.9 Å². The average molecular weight is 851 g/mol. The Balaban J connectivity index is 0. The predicted octanol–water partition coefficient (Wildman–Crippen LogP) is 1.61. The number of esters is 2. The maximum atomic E-state index is 11.8. The molecule has 6 N–H and O–H groups in total. The van der Waals surface area contributed by atoms with Crippen LogP contribution in [0.4, 0.5) is 0 Å². The van der Waals surface area contributed by atoms with Crippen LogP contribution in [0.15, 0.2) is 0 Å². The minimum atomic E-state index is -1.08. The van der Waals surface area contributed by atoms with Crippen LogP contribution in [-0.4, -0.2) is 147 Å². The van der Waals surface area contributed by atoms with Crippen molar-refractivity contribution in [3.8, 4) is 0 Å². The Kier molecular flexibility index (Phi) is 26.1. The van der Waals surface area contributed by atoms with Crippen molar-refractivity contribution in [1.29, 1.82) is 0 Å². The van der Waals surface area contributed by atoms with E-state index in [9.17, 15) is 43.2 Å². The number of hydrogen-bond donors (Lipinski definition) is 5. The van der Waals surface area contributed by atoms with Crippen LogP contribution in [0, 0.1) is 0 Å². The highest BCUT2D eigenvalue weighted by Gasteiger charge is 2.26. The molecule has 0 bridgehead atoms. The molecule has 0 aromatic rings. The van der Waals surface area contributed by atoms with Crippen molar-refractivity contribution in [3.63, 3.8) is 0 Å². The summed E-state index contributed by atoms with van der Waals surface area (Å²) in [6.07, 6.45) is 6.86. The highest BCUT2D eigenvalue weighted by molar-refractivity contribution is 5.89. The van der Waals surface area contributed by atoms with Crippen molar-refractivity contribution >= 4 is 65.8 Å². The molecule has 0 radical (unpaired) electrons. The molecule has 3 aliphatic heterocycles. The summed E-state index contributed by atoms with van der Waals surface area (Å²) < 4.78 is 10.1. The number of aliphatic carboxylic acids is 2. The van der Waals surface area contributed by atoms with Crippen LogP contribution < -0.4 is 16.4 Å². The summed E-state index contributed by atoms with van der Waals surface area (Å²) in [6.45, 7) is 16.9. The highest BCUT2D eigenvalue weighted by Crippen LogP contribution is 2.12. The van der Waals surface area contributed by atoms with Gasteiger partial charge in [-0.3, -0.25) is 38.4 Å². The van der Waals surface area contributed by atoms with E-state index in [1.807, 2.05) is 20.8 Å². The number of ether oxygens (including phenoxy) is 2. The fourth-order valence-electron chi connectivity index (χ4n) is 5.08. The number of hydrogen-bond acceptors (Lipinski definition) is 12. The third kappa shape index (κ3) is 26.4. The molecule has 19 nitrogen and oxygen atoms in total. The summed E-state index contributed by atoms with van der Waals surface area (Å²) in [7, 11) is 0. The van der Waals surface area contributed by atoms with E-state index in [-0.39, 0.29) is 61.6 Å². The van der Waals surface area contributed by atoms with Crippen LogP contribution in [-0.2, 0) is 52.6 Å². The molecule has 334 valence electrons. The fourth-order valence-corrected chi connectivity index (χ4v) is 5.08. The summed E-state index contributed by atoms with van der Waals surface area (Å²) >= 11 is 0. The zero-order chi connectivity index (χ0) is 44.1. The van der Waals surface area contributed by atoms with E-state index in [1.54, 1.807) is 34.6 Å². The van der Waals surface area contributed by atoms with Crippen molar-refractivity contribution in [2.45, 2.75) is 149 Å². The fraction of sp³-hybridized carbons (Fsp3) is 0.763. The van der Waals surface area contributed by atoms with Gasteiger partial charge in [0.2, 0.25) is 29.5 Å². The van der Waals surface area contributed by atoms with Crippen molar-refractivity contribution < 1.29 is 62.8 Å². The number of carboxylic acids is 2. The monoisotopic (exact) mass is 850 g/mol. The van der Waals surface area contributed by atoms with E-state index >= 15 is 0 Å². The zero-order valence-electron chi connectivity index (χ0n) is 35.6. The molecule has 0 aromatic heterocycles. The first-order valence-corrected chi connectivity index (χ1v) is 19.3. The van der Waals surface area contributed by atoms with Gasteiger partial charge in [-0.25, -0.2) is 4.79 Å². The minimum absolute atomic E-state index is 0. The third-order valence-corrected chi connectivity index (χ3v) is 7.92. The third-order valence-electron chi connectivity index (χ3n) is 7.92. The number of amides is 5. The van der Waals surface area contributed by atoms with E-state index in [4.69, 9.17) is 25.4 Å². The second-order valence-corrected chi connectivity index (χ2v) is 16.0. The lowest BCUT2D eigenvalue weighted by molar-refractivity contribution is -0.158. The van der Waals surface area contributed by atoms with Crippen LogP contribution in [0.5, 0.6) is 0 Å². The molecule has 0 saturated carbocycles. The Morgan fingerprint density at radius 2 is 0.931 bits per heavy atom. The number of nitrogens with zero attached hydrogens (tertiary/aromatic N) is 3. The summed E-state index contributed by atoms with van der Waals surface area (Å²) in [6, 6.07) is -2.17. The van der Waals surface area contributed by atoms with Gasteiger partial charge in [0.05, 0.1) is 13.1 Å². The highest BCUT2D eigenvalue weighted by atomic mass is 35.5. The van der Waals surface area contributed by atoms with E-state index < -0.39 is 53.1 Å². The Labute approximate surface area is 347 Å². The summed E-state index contributed by atoms with van der Waals surface area (Å²) in [4.78, 5) is 105. The van der Waals surface area contributed by atoms with Crippen molar-refractivity contribution in [2.75, 3.05) is 39.3 Å². The van der Waals surface area contributed by atoms with Gasteiger partial charge in [0.25, 0.3) is 0 Å². The average Bonchev–Trinajstić information content (AvgIpc) is 3.07. The van der Waals surface area contributed by atoms with Crippen LogP contribution >= 0.6 is 12.4 Å². The van der Waals surface area contributed by atoms with Gasteiger partial charge in [-0.2, -0.15) is 0 Å². The number of piperidine rings is 3. The topological polar surface area (TPSA) is 272 Å². The van der Waals surface area contributed by atoms with Crippen molar-refractivity contribution in [2.24, 2.45) is 5.73 Å². The van der Waals surface area contributed by atoms with Crippen LogP contribution in [0.1, 0.15) is 120 Å². The van der Waals surface area contributed by atoms with E-state index in [2.05, 4.69) is 10.6 Å². The molecule has 58 heavy (non-hydrogen) atoms. The maximum Gasteiger partial charge on any atom is 0.328 e. The molecule has 3 saturated heterocycles. The van der Waals surface area contributed by atoms with Gasteiger partial charge in [-0.05, 0) is 101 Å². The molecule has 0 aromatic carbocycles. The van der Waals surface area contributed by atoms with Gasteiger partial charge in [-0.1, -0.05) is 0 Å². The van der Waals surface area contributed by atoms with Gasteiger partial charge < -0.3 is 50.8 Å². The number of likely N-dealkylation sites (tertiary alicyclic amines) is 3. The number of rotatable bonds is 11. The molecular formula is C38H67ClN6O13. The predicted molar refractivity (Wildman–Crippen MR) is 214 cm³/mol. The first-order chi connectivity index (χ1) is 26.2. The van der Waals surface area contributed by atoms with Gasteiger partial charge in [0.1, 0.15) is 35.9 Å². The number of carbonyl (C=O) groups is 9. The molecule has 3 atom stereocenters. The van der Waals surface area contributed by atoms with Crippen molar-refractivity contribution in [1.82, 2.24) is 25.3 Å². The largest absolute Gasteiger partial charge is 0.480 e. The number of nitrogens with two attached hydrogens (primary N) is 1. The summed E-state index contributed by atoms with van der Waals surface area (Å²) in [5.74, 6) is -3.68. The molecule has 3 heterocycles. The standard InChI is InChI=1S/C14H24N2O4.C10H16N2O4.C7H11NO3.C7H15NO2.ClH/c1-10(13(19)20-14(2,3)4)15-11(17)9-16-8-6-5-7-12(16)18;1-7(10(15)16)11-8(13)6-12-5-3-2-4-9(12)14;9-6-3-1-2-4-8(6)5-7(10)11;1-5(8)6(9)10-7(2,3)4;/h10H,5-9H2,1-4H3,(H,15,17);7H,2-6H2,1H3,(H,11,13)(H,15,16);1-5H2,(H,10,11);5H,8H2,1-4H3;1H/t10-;7-;;5-;/m00.0./s1. The first-order valence-electron chi connectivity index (χ1n) is 19.3. The molecule has 20 heteroatoms. The smallest absolute Gasteiger partial charge is 0.328 e. The normalized spacial score (nSPS) is 17.1. The Morgan fingerprint density at radius 1 is 0.603 bits per heavy atom. The van der Waals surface area contributed by atoms with E-state index in [0.29, 0.717) is 38.9 Å². The lowest BCUT2D eigenvalue weighted by Gasteiger charge is -2.27. The first kappa shape index (κ1) is 55.6. The second-order valence-electron chi connectivity index (χ2n) is 16.0. The molecular weight excluding hydrogens is 784 g/mol. The van der Waals surface area contributed by atoms with E-state index in [1.165, 1.54) is 21.6 Å². The molecule has 0 spiro atoms. The number of nitrogens with one attached hydrogen (secondary N) is 2. The van der Waals surface area contributed by atoms with Crippen LogP contribution in [0.2, 0.25) is 0 Å². The van der Waals surface area contributed by atoms with Gasteiger partial charge >= 0.3 is 23.9 Å². The quantitative estimate of drug-likeness (QED) is 0.185. The summed E-state index contributed by atoms with van der Waals surface area (Å²) in [5, 5.41) is 21.9. The number of carboxylic acid groups (broad SMARTS) is 2. The van der Waals surface area contributed by atoms with Gasteiger partial charge in [0.15, 0.2) is 0 Å². The molecule has 3 aliphatic rings. The van der Waals surface area contributed by atoms with Crippen LogP contribution in [0.25, 0.3) is 0 Å². The Hall–Kier alpha value is -4.52. The van der Waals surface area contributed by atoms with E-state index in [0.717, 1.165) is 38.5 Å². The number of carbonyl (C=O) groups excluding carboxylic acids is 7. The SMILES string of the molecule is C[C@H](N)C(=O)OC(C)(C)C.C[C@H](NC(=O)CN1CCCCC1=O)C(=O)O.C[C@H](NC(=O)CN1CCCCC1=O)C(=O)OC(C)(C)C.Cl.O=C(O)CN1CCCCC1=O. The minimum Gasteiger partial charge on any atom is -0.480 e. The van der Waals surface area contributed by atoms with Gasteiger partial charge in [-0.15, -0.1) is 12.4 Å². The number of halogens is 1. The lowest BCUT2D eigenvalue weighted by Crippen LogP contribution is -2.48.